The van der Waals surface area contributed by atoms with Gasteiger partial charge in [-0.1, -0.05) is 32.3 Å². The fourth-order valence-corrected chi connectivity index (χ4v) is 9.82. The Labute approximate surface area is 278 Å². The molecular formula is C37H48N4O5S. The van der Waals surface area contributed by atoms with Crippen molar-refractivity contribution >= 4 is 32.7 Å². The van der Waals surface area contributed by atoms with E-state index < -0.39 is 21.2 Å². The van der Waals surface area contributed by atoms with E-state index in [1.54, 1.807) is 27.0 Å². The number of hydrogen-bond donors (Lipinski definition) is 1. The summed E-state index contributed by atoms with van der Waals surface area (Å²) >= 11 is 0. The van der Waals surface area contributed by atoms with Gasteiger partial charge >= 0.3 is 0 Å². The number of hydrogen-bond acceptors (Lipinski definition) is 6. The van der Waals surface area contributed by atoms with Crippen LogP contribution in [0.3, 0.4) is 0 Å². The number of piperazine rings is 1. The number of aromatic nitrogens is 1. The molecule has 252 valence electrons. The molecule has 1 aromatic heterocycles. The minimum Gasteiger partial charge on any atom is -0.497 e. The van der Waals surface area contributed by atoms with Crippen LogP contribution in [0.15, 0.2) is 36.4 Å². The Balaban J connectivity index is 1.39. The molecule has 1 saturated carbocycles. The molecule has 47 heavy (non-hydrogen) atoms. The van der Waals surface area contributed by atoms with Crippen LogP contribution < -0.4 is 9.46 Å². The first kappa shape index (κ1) is 32.2. The first-order chi connectivity index (χ1) is 22.6. The number of carbonyl (C=O) groups is 2. The molecule has 2 saturated heterocycles. The van der Waals surface area contributed by atoms with Gasteiger partial charge in [-0.3, -0.25) is 9.59 Å². The lowest BCUT2D eigenvalue weighted by atomic mass is 9.81. The van der Waals surface area contributed by atoms with E-state index in [1.165, 1.54) is 24.8 Å². The molecule has 4 unspecified atom stereocenters. The van der Waals surface area contributed by atoms with Crippen LogP contribution in [0.25, 0.3) is 22.2 Å². The molecule has 1 aliphatic carbocycles. The number of methoxy groups -OCH3 is 1. The second-order valence-corrected chi connectivity index (χ2v) is 16.5. The molecule has 10 heteroatoms. The first-order valence-corrected chi connectivity index (χ1v) is 19.0. The topological polar surface area (TPSA) is 101 Å². The van der Waals surface area contributed by atoms with Crippen molar-refractivity contribution in [3.8, 4) is 17.0 Å². The maximum absolute atomic E-state index is 14.6. The van der Waals surface area contributed by atoms with Crippen LogP contribution in [0.1, 0.15) is 92.6 Å². The summed E-state index contributed by atoms with van der Waals surface area (Å²) in [6.07, 6.45) is 8.88. The number of benzene rings is 2. The number of rotatable bonds is 7. The van der Waals surface area contributed by atoms with Crippen molar-refractivity contribution in [3.63, 3.8) is 0 Å². The molecule has 1 N–H and O–H groups in total. The quantitative estimate of drug-likeness (QED) is 0.349. The van der Waals surface area contributed by atoms with Crippen molar-refractivity contribution in [1.82, 2.24) is 19.1 Å². The summed E-state index contributed by atoms with van der Waals surface area (Å²) < 4.78 is 36.0. The summed E-state index contributed by atoms with van der Waals surface area (Å²) in [5.41, 5.74) is 5.84. The highest BCUT2D eigenvalue weighted by Crippen LogP contribution is 2.47. The third kappa shape index (κ3) is 5.75. The number of sulfonamides is 1. The fraction of sp³-hybridized carbons (Fsp3) is 0.568. The predicted molar refractivity (Wildman–Crippen MR) is 184 cm³/mol. The van der Waals surface area contributed by atoms with E-state index in [4.69, 9.17) is 4.74 Å². The minimum atomic E-state index is -3.81. The van der Waals surface area contributed by atoms with E-state index in [2.05, 4.69) is 38.3 Å². The lowest BCUT2D eigenvalue weighted by molar-refractivity contribution is -0.141. The van der Waals surface area contributed by atoms with Crippen LogP contribution in [0.4, 0.5) is 0 Å². The Hall–Kier alpha value is -3.37. The number of likely N-dealkylation sites (N-methyl/N-ethyl adjacent to an activating group) is 1. The molecule has 2 bridgehead atoms. The molecule has 4 aliphatic rings. The summed E-state index contributed by atoms with van der Waals surface area (Å²) in [6.45, 7) is 5.71. The summed E-state index contributed by atoms with van der Waals surface area (Å²) in [5.74, 6) is 0.444. The Morgan fingerprint density at radius 2 is 1.70 bits per heavy atom. The summed E-state index contributed by atoms with van der Waals surface area (Å²) in [7, 11) is 0.0235. The van der Waals surface area contributed by atoms with E-state index in [0.29, 0.717) is 30.9 Å². The van der Waals surface area contributed by atoms with Gasteiger partial charge in [-0.05, 0) is 99.9 Å². The van der Waals surface area contributed by atoms with Crippen molar-refractivity contribution in [1.29, 1.82) is 0 Å². The normalized spacial score (nSPS) is 24.0. The molecule has 3 aliphatic heterocycles. The molecular weight excluding hydrogens is 612 g/mol. The second kappa shape index (κ2) is 12.6. The largest absolute Gasteiger partial charge is 0.497 e. The van der Waals surface area contributed by atoms with Gasteiger partial charge in [0, 0.05) is 53.7 Å². The van der Waals surface area contributed by atoms with Gasteiger partial charge in [-0.25, -0.2) is 13.1 Å². The zero-order valence-corrected chi connectivity index (χ0v) is 28.9. The van der Waals surface area contributed by atoms with E-state index in [0.717, 1.165) is 72.2 Å². The van der Waals surface area contributed by atoms with Crippen LogP contribution in [-0.2, 0) is 27.8 Å². The monoisotopic (exact) mass is 660 g/mol. The first-order valence-electron chi connectivity index (χ1n) is 17.5. The van der Waals surface area contributed by atoms with Crippen molar-refractivity contribution in [3.05, 3.63) is 53.1 Å². The van der Waals surface area contributed by atoms with Crippen LogP contribution >= 0.6 is 0 Å². The number of ether oxygens (including phenoxy) is 1. The van der Waals surface area contributed by atoms with Gasteiger partial charge in [0.15, 0.2) is 0 Å². The highest BCUT2D eigenvalue weighted by Gasteiger charge is 2.44. The molecule has 7 rings (SSSR count). The van der Waals surface area contributed by atoms with Gasteiger partial charge in [0.2, 0.25) is 15.9 Å². The van der Waals surface area contributed by atoms with Gasteiger partial charge in [-0.15, -0.1) is 0 Å². The molecule has 4 heterocycles. The van der Waals surface area contributed by atoms with Crippen molar-refractivity contribution in [2.75, 3.05) is 27.2 Å². The van der Waals surface area contributed by atoms with Gasteiger partial charge in [-0.2, -0.15) is 0 Å². The van der Waals surface area contributed by atoms with E-state index in [1.807, 2.05) is 18.2 Å². The van der Waals surface area contributed by atoms with Gasteiger partial charge in [0.1, 0.15) is 5.75 Å². The van der Waals surface area contributed by atoms with E-state index in [9.17, 15) is 18.0 Å². The maximum atomic E-state index is 14.6. The van der Waals surface area contributed by atoms with E-state index >= 15 is 0 Å². The summed E-state index contributed by atoms with van der Waals surface area (Å²) in [5, 5.41) is 0.408. The maximum Gasteiger partial charge on any atom is 0.264 e. The minimum absolute atomic E-state index is 0.210. The number of amides is 2. The zero-order valence-electron chi connectivity index (χ0n) is 28.1. The lowest BCUT2D eigenvalue weighted by Gasteiger charge is -2.41. The Bertz CT molecular complexity index is 1800. The van der Waals surface area contributed by atoms with Crippen molar-refractivity contribution < 1.29 is 22.7 Å². The van der Waals surface area contributed by atoms with Gasteiger partial charge in [0.05, 0.1) is 24.0 Å². The third-order valence-corrected chi connectivity index (χ3v) is 13.3. The zero-order chi connectivity index (χ0) is 33.0. The number of fused-ring (bicyclic) bond motifs is 7. The summed E-state index contributed by atoms with van der Waals surface area (Å²) in [6, 6.07) is 12.3. The molecule has 3 aromatic rings. The molecule has 0 radical (unpaired) electrons. The number of nitrogens with zero attached hydrogens (tertiary/aromatic N) is 3. The summed E-state index contributed by atoms with van der Waals surface area (Å²) in [4.78, 5) is 32.6. The standard InChI is InChI=1S/C37H48N4O5S/c1-5-23(2)47(44,45)38-36(42)25-11-15-32-33(19-25)40-20-27(37(43)41-28-12-13-29(41)22-39(3)21-28)17-26-18-30(46-4)14-16-31(26)35(40)34(32)24-9-7-6-8-10-24/h11,14-16,18-19,23-24,27-29H,5-10,12-13,17,20-22H2,1-4H3,(H,38,42). The van der Waals surface area contributed by atoms with E-state index in [-0.39, 0.29) is 23.9 Å². The smallest absolute Gasteiger partial charge is 0.264 e. The highest BCUT2D eigenvalue weighted by molar-refractivity contribution is 7.90. The highest BCUT2D eigenvalue weighted by atomic mass is 32.2. The van der Waals surface area contributed by atoms with Gasteiger partial charge < -0.3 is 19.1 Å². The molecule has 9 nitrogen and oxygen atoms in total. The Morgan fingerprint density at radius 1 is 0.979 bits per heavy atom. The van der Waals surface area contributed by atoms with Gasteiger partial charge in [0.25, 0.3) is 5.91 Å². The molecule has 2 aromatic carbocycles. The molecule has 2 amide bonds. The predicted octanol–water partition coefficient (Wildman–Crippen LogP) is 5.70. The van der Waals surface area contributed by atoms with Crippen molar-refractivity contribution in [2.24, 2.45) is 5.92 Å². The SMILES string of the molecule is CCC(C)S(=O)(=O)NC(=O)c1ccc2c(C3CCCCC3)c3n(c2c1)CC(C(=O)N1C2CCC1CN(C)C2)Cc1cc(OC)ccc1-3. The average molecular weight is 661 g/mol. The van der Waals surface area contributed by atoms with Crippen LogP contribution in [0.5, 0.6) is 5.75 Å². The van der Waals surface area contributed by atoms with Crippen molar-refractivity contribution in [2.45, 2.75) is 101 Å². The van der Waals surface area contributed by atoms with Crippen LogP contribution in [0, 0.1) is 5.92 Å². The Morgan fingerprint density at radius 3 is 2.38 bits per heavy atom. The third-order valence-electron chi connectivity index (χ3n) is 11.4. The number of nitrogens with one attached hydrogen (secondary N) is 1. The van der Waals surface area contributed by atoms with Crippen LogP contribution in [0.2, 0.25) is 0 Å². The number of likely N-dealkylation sites (tertiary alicyclic amines) is 1. The second-order valence-electron chi connectivity index (χ2n) is 14.4. The Kier molecular flexibility index (Phi) is 8.62. The fourth-order valence-electron chi connectivity index (χ4n) is 8.81. The number of carbonyl (C=O) groups excluding carboxylic acids is 2. The lowest BCUT2D eigenvalue weighted by Crippen LogP contribution is -2.56. The van der Waals surface area contributed by atoms with Crippen LogP contribution in [-0.4, -0.2) is 79.2 Å². The molecule has 0 spiro atoms. The molecule has 3 fully saturated rings. The average Bonchev–Trinajstić information content (AvgIpc) is 3.46. The molecule has 4 atom stereocenters.